The number of halogens is 3. The Labute approximate surface area is 204 Å². The number of nitrogens with zero attached hydrogens (tertiary/aromatic N) is 2. The number of aromatic nitrogens is 2. The van der Waals surface area contributed by atoms with Gasteiger partial charge in [0.1, 0.15) is 12.4 Å². The zero-order chi connectivity index (χ0) is 22.5. The highest BCUT2D eigenvalue weighted by molar-refractivity contribution is 9.10. The van der Waals surface area contributed by atoms with E-state index in [1.165, 1.54) is 0 Å². The SMILES string of the molecule is O=C(Nc1nn(Cc2ccc(Cl)cc2)cc1Br)c1cccc(COc2ccc(Cl)cc2)c1. The summed E-state index contributed by atoms with van der Waals surface area (Å²) in [6.07, 6.45) is 1.82. The lowest BCUT2D eigenvalue weighted by atomic mass is 10.1. The van der Waals surface area contributed by atoms with Crippen LogP contribution in [0.4, 0.5) is 5.82 Å². The standard InChI is InChI=1S/C24H18BrCl2N3O2/c25-22-14-30(13-16-4-6-19(26)7-5-16)29-23(22)28-24(31)18-3-1-2-17(12-18)15-32-21-10-8-20(27)9-11-21/h1-12,14H,13,15H2,(H,28,29,31). The van der Waals surface area contributed by atoms with E-state index in [0.717, 1.165) is 11.1 Å². The number of hydrogen-bond acceptors (Lipinski definition) is 3. The molecule has 32 heavy (non-hydrogen) atoms. The van der Waals surface area contributed by atoms with Crippen molar-refractivity contribution >= 4 is 50.9 Å². The summed E-state index contributed by atoms with van der Waals surface area (Å²) < 4.78 is 8.21. The first-order valence-electron chi connectivity index (χ1n) is 9.72. The molecule has 162 valence electrons. The molecule has 0 atom stereocenters. The number of ether oxygens (including phenoxy) is 1. The second-order valence-corrected chi connectivity index (χ2v) is 8.77. The Morgan fingerprint density at radius 3 is 2.38 bits per heavy atom. The van der Waals surface area contributed by atoms with Gasteiger partial charge in [0.15, 0.2) is 5.82 Å². The molecule has 1 aromatic heterocycles. The van der Waals surface area contributed by atoms with Gasteiger partial charge >= 0.3 is 0 Å². The Kier molecular flexibility index (Phi) is 7.15. The third-order valence-corrected chi connectivity index (χ3v) is 5.70. The normalized spacial score (nSPS) is 10.7. The highest BCUT2D eigenvalue weighted by Gasteiger charge is 2.13. The molecule has 4 rings (SSSR count). The van der Waals surface area contributed by atoms with Crippen LogP contribution < -0.4 is 10.1 Å². The van der Waals surface area contributed by atoms with Crippen LogP contribution in [0, 0.1) is 0 Å². The molecule has 1 amide bonds. The van der Waals surface area contributed by atoms with E-state index in [9.17, 15) is 4.79 Å². The van der Waals surface area contributed by atoms with Crippen molar-refractivity contribution in [1.82, 2.24) is 9.78 Å². The number of carbonyl (C=O) groups excluding carboxylic acids is 1. The molecule has 0 aliphatic carbocycles. The number of anilines is 1. The minimum absolute atomic E-state index is 0.254. The third kappa shape index (κ3) is 5.91. The Morgan fingerprint density at radius 2 is 1.66 bits per heavy atom. The van der Waals surface area contributed by atoms with Gasteiger partial charge in [-0.1, -0.05) is 47.5 Å². The van der Waals surface area contributed by atoms with Gasteiger partial charge in [-0.15, -0.1) is 0 Å². The zero-order valence-corrected chi connectivity index (χ0v) is 19.9. The smallest absolute Gasteiger partial charge is 0.256 e. The number of nitrogens with one attached hydrogen (secondary N) is 1. The maximum atomic E-state index is 12.8. The van der Waals surface area contributed by atoms with Crippen molar-refractivity contribution in [3.63, 3.8) is 0 Å². The van der Waals surface area contributed by atoms with Crippen molar-refractivity contribution < 1.29 is 9.53 Å². The van der Waals surface area contributed by atoms with E-state index >= 15 is 0 Å². The summed E-state index contributed by atoms with van der Waals surface area (Å²) in [6, 6.07) is 22.0. The molecule has 0 fully saturated rings. The monoisotopic (exact) mass is 529 g/mol. The van der Waals surface area contributed by atoms with Crippen molar-refractivity contribution in [1.29, 1.82) is 0 Å². The first-order valence-corrected chi connectivity index (χ1v) is 11.3. The minimum Gasteiger partial charge on any atom is -0.489 e. The average Bonchev–Trinajstić information content (AvgIpc) is 3.13. The molecule has 8 heteroatoms. The molecule has 0 radical (unpaired) electrons. The Balaban J connectivity index is 1.40. The molecule has 0 saturated carbocycles. The van der Waals surface area contributed by atoms with E-state index in [2.05, 4.69) is 26.3 Å². The van der Waals surface area contributed by atoms with Gasteiger partial charge in [0.25, 0.3) is 5.91 Å². The van der Waals surface area contributed by atoms with Crippen molar-refractivity contribution in [2.45, 2.75) is 13.2 Å². The van der Waals surface area contributed by atoms with Gasteiger partial charge in [0.2, 0.25) is 0 Å². The Bertz CT molecular complexity index is 1220. The summed E-state index contributed by atoms with van der Waals surface area (Å²) in [4.78, 5) is 12.8. The van der Waals surface area contributed by atoms with E-state index in [4.69, 9.17) is 27.9 Å². The molecule has 3 aromatic carbocycles. The van der Waals surface area contributed by atoms with Crippen LogP contribution in [0.15, 0.2) is 83.5 Å². The van der Waals surface area contributed by atoms with Gasteiger partial charge in [0.05, 0.1) is 11.0 Å². The van der Waals surface area contributed by atoms with Crippen molar-refractivity contribution in [2.75, 3.05) is 5.32 Å². The van der Waals surface area contributed by atoms with Gasteiger partial charge in [-0.25, -0.2) is 0 Å². The molecule has 0 aliphatic heterocycles. The molecule has 4 aromatic rings. The van der Waals surface area contributed by atoms with Crippen LogP contribution in [0.3, 0.4) is 0 Å². The van der Waals surface area contributed by atoms with Crippen LogP contribution >= 0.6 is 39.1 Å². The highest BCUT2D eigenvalue weighted by Crippen LogP contribution is 2.22. The summed E-state index contributed by atoms with van der Waals surface area (Å²) in [6.45, 7) is 0.894. The van der Waals surface area contributed by atoms with Crippen molar-refractivity contribution in [3.05, 3.63) is 110 Å². The van der Waals surface area contributed by atoms with Gasteiger partial charge < -0.3 is 10.1 Å². The molecule has 1 heterocycles. The molecular weight excluding hydrogens is 513 g/mol. The van der Waals surface area contributed by atoms with Gasteiger partial charge in [-0.2, -0.15) is 5.10 Å². The number of amides is 1. The molecule has 1 N–H and O–H groups in total. The predicted molar refractivity (Wildman–Crippen MR) is 131 cm³/mol. The van der Waals surface area contributed by atoms with Gasteiger partial charge in [0, 0.05) is 21.8 Å². The van der Waals surface area contributed by atoms with Gasteiger partial charge in [-0.05, 0) is 75.6 Å². The second-order valence-electron chi connectivity index (χ2n) is 7.05. The van der Waals surface area contributed by atoms with E-state index in [1.54, 1.807) is 41.1 Å². The Hall–Kier alpha value is -2.80. The van der Waals surface area contributed by atoms with Gasteiger partial charge in [-0.3, -0.25) is 9.48 Å². The second kappa shape index (κ2) is 10.2. The van der Waals surface area contributed by atoms with Crippen LogP contribution in [0.5, 0.6) is 5.75 Å². The summed E-state index contributed by atoms with van der Waals surface area (Å²) in [5.74, 6) is 0.905. The summed E-state index contributed by atoms with van der Waals surface area (Å²) >= 11 is 15.3. The molecule has 0 aliphatic rings. The molecule has 0 unspecified atom stereocenters. The lowest BCUT2D eigenvalue weighted by molar-refractivity contribution is 0.102. The fourth-order valence-electron chi connectivity index (χ4n) is 3.02. The van der Waals surface area contributed by atoms with E-state index < -0.39 is 0 Å². The lowest BCUT2D eigenvalue weighted by Gasteiger charge is -2.08. The van der Waals surface area contributed by atoms with Crippen LogP contribution in [0.1, 0.15) is 21.5 Å². The largest absolute Gasteiger partial charge is 0.489 e. The van der Waals surface area contributed by atoms with Crippen LogP contribution in [0.25, 0.3) is 0 Å². The van der Waals surface area contributed by atoms with E-state index in [-0.39, 0.29) is 5.91 Å². The van der Waals surface area contributed by atoms with Crippen LogP contribution in [-0.2, 0) is 13.2 Å². The third-order valence-electron chi connectivity index (χ3n) is 4.62. The number of benzene rings is 3. The molecule has 0 bridgehead atoms. The van der Waals surface area contributed by atoms with Crippen LogP contribution in [-0.4, -0.2) is 15.7 Å². The number of hydrogen-bond donors (Lipinski definition) is 1. The first kappa shape index (κ1) is 22.4. The molecular formula is C24H18BrCl2N3O2. The lowest BCUT2D eigenvalue weighted by Crippen LogP contribution is -2.13. The summed E-state index contributed by atoms with van der Waals surface area (Å²) in [5, 5.41) is 8.66. The fourth-order valence-corrected chi connectivity index (χ4v) is 3.69. The van der Waals surface area contributed by atoms with E-state index in [0.29, 0.717) is 44.8 Å². The maximum absolute atomic E-state index is 12.8. The van der Waals surface area contributed by atoms with Crippen LogP contribution in [0.2, 0.25) is 10.0 Å². The molecule has 5 nitrogen and oxygen atoms in total. The zero-order valence-electron chi connectivity index (χ0n) is 16.8. The quantitative estimate of drug-likeness (QED) is 0.285. The predicted octanol–water partition coefficient (Wildman–Crippen LogP) is 6.83. The summed E-state index contributed by atoms with van der Waals surface area (Å²) in [7, 11) is 0. The number of carbonyl (C=O) groups is 1. The molecule has 0 saturated heterocycles. The average molecular weight is 531 g/mol. The topological polar surface area (TPSA) is 56.2 Å². The maximum Gasteiger partial charge on any atom is 0.256 e. The minimum atomic E-state index is -0.254. The molecule has 0 spiro atoms. The Morgan fingerprint density at radius 1 is 0.969 bits per heavy atom. The fraction of sp³-hybridized carbons (Fsp3) is 0.0833. The highest BCUT2D eigenvalue weighted by atomic mass is 79.9. The van der Waals surface area contributed by atoms with Crippen molar-refractivity contribution in [3.8, 4) is 5.75 Å². The van der Waals surface area contributed by atoms with Crippen molar-refractivity contribution in [2.24, 2.45) is 0 Å². The summed E-state index contributed by atoms with van der Waals surface area (Å²) in [5.41, 5.74) is 2.44. The van der Waals surface area contributed by atoms with E-state index in [1.807, 2.05) is 42.6 Å². The number of rotatable bonds is 7. The first-order chi connectivity index (χ1) is 15.5.